The van der Waals surface area contributed by atoms with Crippen molar-refractivity contribution in [2.45, 2.75) is 0 Å². The van der Waals surface area contributed by atoms with E-state index in [1.54, 1.807) is 0 Å². The standard InChI is InChI=1S/C33H26N4P/c1-6-16-27(17-7-1)26-32(37-33(34-35-36-37)28-18-8-2-9-19-28)38(29-20-10-3-11-21-29,30-22-12-4-13-23-30)31-24-14-5-15-25-31/h1-26H/q+1/b32-26+. The van der Waals surface area contributed by atoms with Crippen molar-refractivity contribution in [3.8, 4) is 11.4 Å². The Labute approximate surface area is 223 Å². The molecule has 4 nitrogen and oxygen atoms in total. The normalized spacial score (nSPS) is 11.8. The molecular weight excluding hydrogens is 483 g/mol. The minimum Gasteiger partial charge on any atom is -0.159 e. The van der Waals surface area contributed by atoms with Crippen molar-refractivity contribution in [1.82, 2.24) is 20.2 Å². The number of hydrogen-bond acceptors (Lipinski definition) is 3. The Kier molecular flexibility index (Phi) is 6.72. The van der Waals surface area contributed by atoms with E-state index < -0.39 is 7.26 Å². The van der Waals surface area contributed by atoms with Gasteiger partial charge < -0.3 is 0 Å². The maximum absolute atomic E-state index is 4.65. The third-order valence-electron chi connectivity index (χ3n) is 6.59. The lowest BCUT2D eigenvalue weighted by Crippen LogP contribution is -2.33. The Morgan fingerprint density at radius 3 is 1.42 bits per heavy atom. The molecular formula is C33H26N4P+. The molecule has 182 valence electrons. The number of nitrogens with zero attached hydrogens (tertiary/aromatic N) is 4. The fourth-order valence-electron chi connectivity index (χ4n) is 4.91. The van der Waals surface area contributed by atoms with Crippen LogP contribution < -0.4 is 15.9 Å². The average molecular weight is 510 g/mol. The predicted molar refractivity (Wildman–Crippen MR) is 159 cm³/mol. The molecule has 0 aliphatic rings. The molecule has 6 aromatic rings. The molecule has 0 bridgehead atoms. The minimum atomic E-state index is -2.48. The van der Waals surface area contributed by atoms with Crippen LogP contribution in [-0.4, -0.2) is 20.2 Å². The van der Waals surface area contributed by atoms with E-state index in [9.17, 15) is 0 Å². The largest absolute Gasteiger partial charge is 0.203 e. The first-order chi connectivity index (χ1) is 18.9. The lowest BCUT2D eigenvalue weighted by Gasteiger charge is -2.29. The highest BCUT2D eigenvalue weighted by Gasteiger charge is 2.52. The second kappa shape index (κ2) is 10.8. The zero-order valence-electron chi connectivity index (χ0n) is 20.7. The van der Waals surface area contributed by atoms with E-state index in [2.05, 4.69) is 149 Å². The summed E-state index contributed by atoms with van der Waals surface area (Å²) in [6.45, 7) is 0. The maximum Gasteiger partial charge on any atom is 0.203 e. The van der Waals surface area contributed by atoms with Crippen molar-refractivity contribution in [2.75, 3.05) is 0 Å². The number of aromatic nitrogens is 4. The third-order valence-corrected chi connectivity index (χ3v) is 10.8. The molecule has 5 aromatic carbocycles. The summed E-state index contributed by atoms with van der Waals surface area (Å²) in [5.74, 6) is 0.708. The van der Waals surface area contributed by atoms with Crippen molar-refractivity contribution < 1.29 is 0 Å². The first kappa shape index (κ1) is 23.7. The summed E-state index contributed by atoms with van der Waals surface area (Å²) in [6, 6.07) is 52.9. The van der Waals surface area contributed by atoms with Crippen LogP contribution in [0.1, 0.15) is 5.56 Å². The van der Waals surface area contributed by atoms with Gasteiger partial charge in [-0.05, 0) is 52.4 Å². The first-order valence-electron chi connectivity index (χ1n) is 12.5. The molecule has 0 amide bonds. The molecule has 0 atom stereocenters. The molecule has 0 unspecified atom stereocenters. The average Bonchev–Trinajstić information content (AvgIpc) is 3.50. The van der Waals surface area contributed by atoms with Gasteiger partial charge in [-0.15, -0.1) is 5.10 Å². The van der Waals surface area contributed by atoms with Gasteiger partial charge in [0.25, 0.3) is 0 Å². The van der Waals surface area contributed by atoms with Crippen LogP contribution in [0, 0.1) is 0 Å². The van der Waals surface area contributed by atoms with E-state index in [0.717, 1.165) is 16.6 Å². The van der Waals surface area contributed by atoms with Gasteiger partial charge in [-0.1, -0.05) is 115 Å². The summed E-state index contributed by atoms with van der Waals surface area (Å²) in [4.78, 5) is 0. The number of benzene rings is 5. The fourth-order valence-corrected chi connectivity index (χ4v) is 9.21. The Bertz CT molecular complexity index is 1540. The van der Waals surface area contributed by atoms with Crippen molar-refractivity contribution in [2.24, 2.45) is 0 Å². The van der Waals surface area contributed by atoms with Crippen LogP contribution >= 0.6 is 7.26 Å². The summed E-state index contributed by atoms with van der Waals surface area (Å²) >= 11 is 0. The monoisotopic (exact) mass is 509 g/mol. The van der Waals surface area contributed by atoms with Gasteiger partial charge in [-0.3, -0.25) is 0 Å². The second-order valence-electron chi connectivity index (χ2n) is 8.87. The number of hydrogen-bond donors (Lipinski definition) is 0. The molecule has 0 N–H and O–H groups in total. The van der Waals surface area contributed by atoms with E-state index in [4.69, 9.17) is 0 Å². The molecule has 0 spiro atoms. The topological polar surface area (TPSA) is 43.6 Å². The maximum atomic E-state index is 4.65. The lowest BCUT2D eigenvalue weighted by molar-refractivity contribution is 0.815. The lowest BCUT2D eigenvalue weighted by atomic mass is 10.2. The smallest absolute Gasteiger partial charge is 0.159 e. The van der Waals surface area contributed by atoms with Crippen LogP contribution in [0.15, 0.2) is 152 Å². The Morgan fingerprint density at radius 2 is 0.947 bits per heavy atom. The van der Waals surface area contributed by atoms with Crippen molar-refractivity contribution in [1.29, 1.82) is 0 Å². The first-order valence-corrected chi connectivity index (χ1v) is 14.3. The van der Waals surface area contributed by atoms with Gasteiger partial charge in [-0.25, -0.2) is 0 Å². The van der Waals surface area contributed by atoms with Gasteiger partial charge in [0.1, 0.15) is 15.9 Å². The zero-order valence-corrected chi connectivity index (χ0v) is 21.6. The van der Waals surface area contributed by atoms with Gasteiger partial charge in [0.2, 0.25) is 5.44 Å². The fraction of sp³-hybridized carbons (Fsp3) is 0. The van der Waals surface area contributed by atoms with Crippen molar-refractivity contribution in [3.05, 3.63) is 157 Å². The molecule has 0 aliphatic carbocycles. The minimum absolute atomic E-state index is 0.708. The summed E-state index contributed by atoms with van der Waals surface area (Å²) in [7, 11) is -2.48. The quantitative estimate of drug-likeness (QED) is 0.238. The highest BCUT2D eigenvalue weighted by atomic mass is 31.2. The number of tetrazole rings is 1. The molecule has 0 fully saturated rings. The molecule has 1 aromatic heterocycles. The van der Waals surface area contributed by atoms with Gasteiger partial charge in [-0.2, -0.15) is 4.68 Å². The SMILES string of the molecule is C(=C(/n1nnnc1-c1ccccc1)[P+](c1ccccc1)(c1ccccc1)c1ccccc1)/c1ccccc1. The van der Waals surface area contributed by atoms with Crippen molar-refractivity contribution >= 4 is 34.7 Å². The van der Waals surface area contributed by atoms with Gasteiger partial charge >= 0.3 is 0 Å². The van der Waals surface area contributed by atoms with Crippen LogP contribution in [0.3, 0.4) is 0 Å². The highest BCUT2D eigenvalue weighted by Crippen LogP contribution is 2.65. The summed E-state index contributed by atoms with van der Waals surface area (Å²) in [5, 5.41) is 17.1. The Balaban J connectivity index is 1.77. The van der Waals surface area contributed by atoms with Crippen LogP contribution in [0.25, 0.3) is 22.9 Å². The molecule has 0 saturated carbocycles. The summed E-state index contributed by atoms with van der Waals surface area (Å²) < 4.78 is 1.95. The van der Waals surface area contributed by atoms with E-state index in [1.807, 2.05) is 28.9 Å². The highest BCUT2D eigenvalue weighted by molar-refractivity contribution is 8.03. The summed E-state index contributed by atoms with van der Waals surface area (Å²) in [5.41, 5.74) is 3.09. The molecule has 0 saturated heterocycles. The Hall–Kier alpha value is -4.66. The third kappa shape index (κ3) is 4.36. The van der Waals surface area contributed by atoms with Gasteiger partial charge in [0.05, 0.1) is 0 Å². The molecule has 0 aliphatic heterocycles. The molecule has 1 heterocycles. The predicted octanol–water partition coefficient (Wildman–Crippen LogP) is 6.29. The Morgan fingerprint density at radius 1 is 0.526 bits per heavy atom. The van der Waals surface area contributed by atoms with Crippen molar-refractivity contribution in [3.63, 3.8) is 0 Å². The second-order valence-corrected chi connectivity index (χ2v) is 12.2. The molecule has 38 heavy (non-hydrogen) atoms. The van der Waals surface area contributed by atoms with E-state index in [-0.39, 0.29) is 0 Å². The number of rotatable bonds is 7. The molecule has 6 rings (SSSR count). The summed E-state index contributed by atoms with van der Waals surface area (Å²) in [6.07, 6.45) is 2.25. The van der Waals surface area contributed by atoms with Gasteiger partial charge in [0.15, 0.2) is 13.1 Å². The van der Waals surface area contributed by atoms with Crippen LogP contribution in [0.2, 0.25) is 0 Å². The van der Waals surface area contributed by atoms with Gasteiger partial charge in [0, 0.05) is 11.6 Å². The van der Waals surface area contributed by atoms with E-state index in [0.29, 0.717) is 5.82 Å². The van der Waals surface area contributed by atoms with E-state index in [1.165, 1.54) is 15.9 Å². The van der Waals surface area contributed by atoms with Crippen LogP contribution in [0.5, 0.6) is 0 Å². The zero-order chi connectivity index (χ0) is 25.6. The molecule has 0 radical (unpaired) electrons. The van der Waals surface area contributed by atoms with Crippen LogP contribution in [0.4, 0.5) is 0 Å². The van der Waals surface area contributed by atoms with Crippen LogP contribution in [-0.2, 0) is 0 Å². The van der Waals surface area contributed by atoms with E-state index >= 15 is 0 Å². The molecule has 5 heteroatoms.